The molecule has 1 aromatic heterocycles. The third kappa shape index (κ3) is 5.10. The minimum Gasteiger partial charge on any atom is -0.456 e. The lowest BCUT2D eigenvalue weighted by molar-refractivity contribution is -0.116. The molecule has 1 unspecified atom stereocenters. The molecule has 1 aromatic carbocycles. The summed E-state index contributed by atoms with van der Waals surface area (Å²) in [5.74, 6) is 0.871. The van der Waals surface area contributed by atoms with E-state index >= 15 is 0 Å². The molecule has 1 aliphatic rings. The fourth-order valence-corrected chi connectivity index (χ4v) is 3.09. The predicted octanol–water partition coefficient (Wildman–Crippen LogP) is 0.322. The lowest BCUT2D eigenvalue weighted by Gasteiger charge is -2.14. The van der Waals surface area contributed by atoms with E-state index in [4.69, 9.17) is 32.8 Å². The van der Waals surface area contributed by atoms with Crippen LogP contribution in [0.1, 0.15) is 24.0 Å². The van der Waals surface area contributed by atoms with Crippen LogP contribution in [0.4, 0.5) is 17.3 Å². The molecule has 2 aromatic rings. The first-order chi connectivity index (χ1) is 15.4. The smallest absolute Gasteiger partial charge is 0.254 e. The van der Waals surface area contributed by atoms with Gasteiger partial charge in [-0.2, -0.15) is 0 Å². The van der Waals surface area contributed by atoms with Gasteiger partial charge in [-0.25, -0.2) is 9.97 Å². The number of carbonyl (C=O) groups is 1. The standard InChI is InChI=1S/C20H26N10O2/c21-8-12(9-22)19(31)27-6-2-1-5-26-18-15(17(24)28-10-29-18)16(23)11-3-4-14-13(7-11)30-20(25)32-14/h3-4,7-10,20-21,23,30H,1-2,5-6,22,25H2,(H,27,31)(H3,24,26,28,29)/b12-9+,21-8?,23-16?. The molecular weight excluding hydrogens is 412 g/mol. The van der Waals surface area contributed by atoms with Gasteiger partial charge in [-0.15, -0.1) is 0 Å². The number of ether oxygens (including phenoxy) is 1. The number of unbranched alkanes of at least 4 members (excludes halogenated alkanes) is 1. The number of nitrogens with one attached hydrogen (secondary N) is 5. The molecule has 1 aliphatic heterocycles. The number of rotatable bonds is 10. The number of benzene rings is 1. The van der Waals surface area contributed by atoms with Crippen LogP contribution in [-0.2, 0) is 4.79 Å². The van der Waals surface area contributed by atoms with Gasteiger partial charge in [0.1, 0.15) is 23.7 Å². The van der Waals surface area contributed by atoms with Crippen LogP contribution in [0.2, 0.25) is 0 Å². The molecule has 32 heavy (non-hydrogen) atoms. The number of nitrogen functional groups attached to an aromatic ring is 1. The van der Waals surface area contributed by atoms with Crippen molar-refractivity contribution in [3.63, 3.8) is 0 Å². The number of hydrogen-bond donors (Lipinski definition) is 8. The van der Waals surface area contributed by atoms with Crippen LogP contribution in [0.15, 0.2) is 36.3 Å². The van der Waals surface area contributed by atoms with Crippen LogP contribution in [0, 0.1) is 10.8 Å². The lowest BCUT2D eigenvalue weighted by atomic mass is 10.0. The summed E-state index contributed by atoms with van der Waals surface area (Å²) in [6, 6.07) is 5.25. The van der Waals surface area contributed by atoms with Crippen LogP contribution < -0.4 is 37.9 Å². The number of carbonyl (C=O) groups excluding carboxylic acids is 1. The second-order valence-electron chi connectivity index (χ2n) is 6.91. The topological polar surface area (TPSA) is 214 Å². The molecule has 1 amide bonds. The van der Waals surface area contributed by atoms with E-state index in [1.54, 1.807) is 18.2 Å². The van der Waals surface area contributed by atoms with Gasteiger partial charge in [0.15, 0.2) is 0 Å². The van der Waals surface area contributed by atoms with E-state index in [2.05, 4.69) is 25.9 Å². The van der Waals surface area contributed by atoms with Gasteiger partial charge in [0.2, 0.25) is 6.35 Å². The molecule has 0 fully saturated rings. The molecular formula is C20H26N10O2. The third-order valence-electron chi connectivity index (χ3n) is 4.73. The van der Waals surface area contributed by atoms with Crippen molar-refractivity contribution in [3.05, 3.63) is 47.4 Å². The zero-order valence-electron chi connectivity index (χ0n) is 17.3. The molecule has 0 spiro atoms. The Kier molecular flexibility index (Phi) is 7.18. The van der Waals surface area contributed by atoms with E-state index in [-0.39, 0.29) is 23.0 Å². The summed E-state index contributed by atoms with van der Waals surface area (Å²) in [7, 11) is 0. The van der Waals surface area contributed by atoms with Crippen molar-refractivity contribution in [2.45, 2.75) is 19.2 Å². The Morgan fingerprint density at radius 3 is 2.81 bits per heavy atom. The van der Waals surface area contributed by atoms with Crippen molar-refractivity contribution < 1.29 is 9.53 Å². The maximum Gasteiger partial charge on any atom is 0.254 e. The Morgan fingerprint density at radius 1 is 1.28 bits per heavy atom. The van der Waals surface area contributed by atoms with Gasteiger partial charge < -0.3 is 37.6 Å². The lowest BCUT2D eigenvalue weighted by Crippen LogP contribution is -2.30. The molecule has 1 atom stereocenters. The summed E-state index contributed by atoms with van der Waals surface area (Å²) in [4.78, 5) is 20.0. The average molecular weight is 438 g/mol. The monoisotopic (exact) mass is 438 g/mol. The molecule has 2 heterocycles. The Morgan fingerprint density at radius 2 is 2.06 bits per heavy atom. The first-order valence-electron chi connectivity index (χ1n) is 9.91. The molecule has 11 N–H and O–H groups in total. The number of amides is 1. The summed E-state index contributed by atoms with van der Waals surface area (Å²) in [5, 5.41) is 24.6. The van der Waals surface area contributed by atoms with Gasteiger partial charge in [-0.3, -0.25) is 15.9 Å². The van der Waals surface area contributed by atoms with E-state index in [0.717, 1.165) is 18.8 Å². The number of anilines is 3. The minimum absolute atomic E-state index is 0.109. The van der Waals surface area contributed by atoms with Crippen molar-refractivity contribution in [1.82, 2.24) is 15.3 Å². The summed E-state index contributed by atoms with van der Waals surface area (Å²) < 4.78 is 5.41. The van der Waals surface area contributed by atoms with E-state index in [9.17, 15) is 4.79 Å². The summed E-state index contributed by atoms with van der Waals surface area (Å²) in [6.45, 7) is 0.984. The minimum atomic E-state index is -0.621. The molecule has 0 saturated heterocycles. The Balaban J connectivity index is 1.59. The molecule has 0 aliphatic carbocycles. The van der Waals surface area contributed by atoms with Gasteiger partial charge in [0, 0.05) is 31.1 Å². The molecule has 0 radical (unpaired) electrons. The van der Waals surface area contributed by atoms with E-state index in [1.165, 1.54) is 6.33 Å². The fraction of sp³-hybridized carbons (Fsp3) is 0.250. The van der Waals surface area contributed by atoms with Gasteiger partial charge in [0.25, 0.3) is 5.91 Å². The zero-order valence-corrected chi connectivity index (χ0v) is 17.3. The number of nitrogens with two attached hydrogens (primary N) is 3. The van der Waals surface area contributed by atoms with Gasteiger partial charge >= 0.3 is 0 Å². The molecule has 12 heteroatoms. The SMILES string of the molecule is N=C/C(=C\N)C(=O)NCCCCNc1ncnc(N)c1C(=N)c1ccc2c(c1)NC(N)O2. The quantitative estimate of drug-likeness (QED) is 0.145. The predicted molar refractivity (Wildman–Crippen MR) is 123 cm³/mol. The second kappa shape index (κ2) is 10.2. The number of hydrogen-bond acceptors (Lipinski definition) is 11. The first-order valence-corrected chi connectivity index (χ1v) is 9.91. The van der Waals surface area contributed by atoms with Crippen LogP contribution >= 0.6 is 0 Å². The highest BCUT2D eigenvalue weighted by atomic mass is 16.5. The van der Waals surface area contributed by atoms with Crippen LogP contribution in [0.3, 0.4) is 0 Å². The molecule has 168 valence electrons. The van der Waals surface area contributed by atoms with E-state index < -0.39 is 6.35 Å². The van der Waals surface area contributed by atoms with Crippen molar-refractivity contribution >= 4 is 35.2 Å². The van der Waals surface area contributed by atoms with Gasteiger partial charge in [-0.1, -0.05) is 0 Å². The van der Waals surface area contributed by atoms with Crippen molar-refractivity contribution in [1.29, 1.82) is 10.8 Å². The highest BCUT2D eigenvalue weighted by molar-refractivity contribution is 6.16. The van der Waals surface area contributed by atoms with Gasteiger partial charge in [0.05, 0.1) is 22.5 Å². The fourth-order valence-electron chi connectivity index (χ4n) is 3.09. The molecule has 0 saturated carbocycles. The Hall–Kier alpha value is -4.19. The Labute approximate surface area is 184 Å². The van der Waals surface area contributed by atoms with E-state index in [1.807, 2.05) is 0 Å². The highest BCUT2D eigenvalue weighted by Gasteiger charge is 2.21. The summed E-state index contributed by atoms with van der Waals surface area (Å²) in [5.41, 5.74) is 19.0. The van der Waals surface area contributed by atoms with Crippen molar-refractivity contribution in [3.8, 4) is 5.75 Å². The summed E-state index contributed by atoms with van der Waals surface area (Å²) in [6.07, 6.45) is 4.14. The summed E-state index contributed by atoms with van der Waals surface area (Å²) >= 11 is 0. The number of nitrogens with zero attached hydrogens (tertiary/aromatic N) is 2. The molecule has 0 bridgehead atoms. The largest absolute Gasteiger partial charge is 0.456 e. The van der Waals surface area contributed by atoms with Gasteiger partial charge in [-0.05, 0) is 31.0 Å². The number of fused-ring (bicyclic) bond motifs is 1. The third-order valence-corrected chi connectivity index (χ3v) is 4.73. The van der Waals surface area contributed by atoms with Crippen LogP contribution in [0.5, 0.6) is 5.75 Å². The number of aromatic nitrogens is 2. The molecule has 3 rings (SSSR count). The maximum absolute atomic E-state index is 11.7. The zero-order chi connectivity index (χ0) is 23.1. The first kappa shape index (κ1) is 22.5. The average Bonchev–Trinajstić information content (AvgIpc) is 3.15. The van der Waals surface area contributed by atoms with Crippen LogP contribution in [-0.4, -0.2) is 47.2 Å². The highest BCUT2D eigenvalue weighted by Crippen LogP contribution is 2.32. The normalized spacial score (nSPS) is 14.7. The van der Waals surface area contributed by atoms with E-state index in [0.29, 0.717) is 47.9 Å². The molecule has 12 nitrogen and oxygen atoms in total. The second-order valence-corrected chi connectivity index (χ2v) is 6.91. The maximum atomic E-state index is 11.7. The van der Waals surface area contributed by atoms with Crippen molar-refractivity contribution in [2.75, 3.05) is 29.5 Å². The van der Waals surface area contributed by atoms with Crippen molar-refractivity contribution in [2.24, 2.45) is 11.5 Å². The Bertz CT molecular complexity index is 1050. The van der Waals surface area contributed by atoms with Crippen LogP contribution in [0.25, 0.3) is 0 Å².